The first-order valence-corrected chi connectivity index (χ1v) is 6.89. The van der Waals surface area contributed by atoms with Gasteiger partial charge in [-0.3, -0.25) is 0 Å². The molecule has 1 aliphatic heterocycles. The van der Waals surface area contributed by atoms with E-state index in [0.29, 0.717) is 11.5 Å². The Morgan fingerprint density at radius 2 is 2.14 bits per heavy atom. The van der Waals surface area contributed by atoms with Gasteiger partial charge in [0.25, 0.3) is 0 Å². The fourth-order valence-electron chi connectivity index (χ4n) is 1.40. The molecule has 1 unspecified atom stereocenters. The van der Waals surface area contributed by atoms with Crippen molar-refractivity contribution >= 4 is 27.2 Å². The predicted molar refractivity (Wildman–Crippen MR) is 61.1 cm³/mol. The van der Waals surface area contributed by atoms with E-state index in [2.05, 4.69) is 10.6 Å². The summed E-state index contributed by atoms with van der Waals surface area (Å²) in [6.07, 6.45) is 0.655. The van der Waals surface area contributed by atoms with Crippen LogP contribution in [0.3, 0.4) is 0 Å². The number of hydrogen-bond acceptors (Lipinski definition) is 3. The number of sulfone groups is 1. The van der Waals surface area contributed by atoms with Crippen molar-refractivity contribution in [2.45, 2.75) is 32.4 Å². The zero-order valence-corrected chi connectivity index (χ0v) is 10.0. The summed E-state index contributed by atoms with van der Waals surface area (Å²) in [5.74, 6) is 0.474. The van der Waals surface area contributed by atoms with Crippen molar-refractivity contribution in [3.8, 4) is 0 Å². The molecule has 0 spiro atoms. The molecule has 1 rings (SSSR count). The lowest BCUT2D eigenvalue weighted by Crippen LogP contribution is -2.44. The topological polar surface area (TPSA) is 58.2 Å². The number of nitrogens with one attached hydrogen (secondary N) is 2. The molecule has 0 saturated carbocycles. The van der Waals surface area contributed by atoms with E-state index in [-0.39, 0.29) is 23.6 Å². The Morgan fingerprint density at radius 1 is 1.50 bits per heavy atom. The molecular weight excluding hydrogens is 220 g/mol. The molecule has 82 valence electrons. The smallest absolute Gasteiger partial charge is 0.166 e. The van der Waals surface area contributed by atoms with E-state index in [1.54, 1.807) is 0 Å². The van der Waals surface area contributed by atoms with Gasteiger partial charge in [-0.1, -0.05) is 0 Å². The first-order chi connectivity index (χ1) is 6.39. The average molecular weight is 236 g/mol. The van der Waals surface area contributed by atoms with Gasteiger partial charge in [-0.05, 0) is 32.5 Å². The highest BCUT2D eigenvalue weighted by Gasteiger charge is 2.28. The highest BCUT2D eigenvalue weighted by Crippen LogP contribution is 2.10. The zero-order chi connectivity index (χ0) is 10.8. The van der Waals surface area contributed by atoms with Gasteiger partial charge in [-0.25, -0.2) is 8.42 Å². The molecule has 0 amide bonds. The molecule has 1 aliphatic rings. The van der Waals surface area contributed by atoms with Gasteiger partial charge in [-0.2, -0.15) is 0 Å². The Labute approximate surface area is 90.4 Å². The normalized spacial score (nSPS) is 24.9. The van der Waals surface area contributed by atoms with Crippen LogP contribution in [0, 0.1) is 0 Å². The summed E-state index contributed by atoms with van der Waals surface area (Å²) < 4.78 is 22.3. The second-order valence-electron chi connectivity index (χ2n) is 3.87. The molecule has 1 heterocycles. The van der Waals surface area contributed by atoms with Crippen molar-refractivity contribution in [1.82, 2.24) is 10.6 Å². The predicted octanol–water partition coefficient (Wildman–Crippen LogP) is 0.0460. The lowest BCUT2D eigenvalue weighted by molar-refractivity contribution is 0.599. The Kier molecular flexibility index (Phi) is 3.71. The van der Waals surface area contributed by atoms with Crippen LogP contribution in [0.15, 0.2) is 0 Å². The summed E-state index contributed by atoms with van der Waals surface area (Å²) in [6.45, 7) is 3.97. The third-order valence-corrected chi connectivity index (χ3v) is 3.99. The van der Waals surface area contributed by atoms with E-state index in [1.165, 1.54) is 0 Å². The van der Waals surface area contributed by atoms with Gasteiger partial charge in [0.2, 0.25) is 0 Å². The molecule has 2 N–H and O–H groups in total. The van der Waals surface area contributed by atoms with Gasteiger partial charge in [0.1, 0.15) is 0 Å². The SMILES string of the molecule is CC(C)NC(=S)NC1CCS(=O)(=O)C1. The maximum atomic E-state index is 11.1. The van der Waals surface area contributed by atoms with E-state index in [9.17, 15) is 8.42 Å². The molecule has 0 aromatic heterocycles. The Hall–Kier alpha value is -0.360. The molecule has 1 saturated heterocycles. The van der Waals surface area contributed by atoms with Crippen molar-refractivity contribution in [2.75, 3.05) is 11.5 Å². The Bertz CT molecular complexity index is 311. The largest absolute Gasteiger partial charge is 0.361 e. The second kappa shape index (κ2) is 4.44. The number of rotatable bonds is 2. The molecule has 1 atom stereocenters. The van der Waals surface area contributed by atoms with Gasteiger partial charge in [-0.15, -0.1) is 0 Å². The third-order valence-electron chi connectivity index (χ3n) is 1.99. The quantitative estimate of drug-likeness (QED) is 0.663. The van der Waals surface area contributed by atoms with Crippen molar-refractivity contribution in [3.05, 3.63) is 0 Å². The summed E-state index contributed by atoms with van der Waals surface area (Å²) >= 11 is 5.02. The summed E-state index contributed by atoms with van der Waals surface area (Å²) in [7, 11) is -2.82. The van der Waals surface area contributed by atoms with Gasteiger partial charge >= 0.3 is 0 Å². The number of thiocarbonyl (C=S) groups is 1. The molecule has 0 radical (unpaired) electrons. The first-order valence-electron chi connectivity index (χ1n) is 4.66. The standard InChI is InChI=1S/C8H16N2O2S2/c1-6(2)9-8(13)10-7-3-4-14(11,12)5-7/h6-7H,3-5H2,1-2H3,(H2,9,10,13). The van der Waals surface area contributed by atoms with Crippen molar-refractivity contribution in [3.63, 3.8) is 0 Å². The summed E-state index contributed by atoms with van der Waals surface area (Å²) in [6, 6.07) is 0.256. The van der Waals surface area contributed by atoms with E-state index in [4.69, 9.17) is 12.2 Å². The third kappa shape index (κ3) is 3.79. The molecule has 0 aromatic carbocycles. The first kappa shape index (κ1) is 11.7. The van der Waals surface area contributed by atoms with Crippen molar-refractivity contribution < 1.29 is 8.42 Å². The Balaban J connectivity index is 2.36. The van der Waals surface area contributed by atoms with E-state index < -0.39 is 9.84 Å². The molecule has 0 aliphatic carbocycles. The van der Waals surface area contributed by atoms with Gasteiger partial charge in [0.15, 0.2) is 14.9 Å². The lowest BCUT2D eigenvalue weighted by atomic mass is 10.3. The molecular formula is C8H16N2O2S2. The Morgan fingerprint density at radius 3 is 2.57 bits per heavy atom. The molecule has 1 fully saturated rings. The van der Waals surface area contributed by atoms with Crippen molar-refractivity contribution in [2.24, 2.45) is 0 Å². The minimum atomic E-state index is -2.82. The monoisotopic (exact) mass is 236 g/mol. The fourth-order valence-corrected chi connectivity index (χ4v) is 3.47. The van der Waals surface area contributed by atoms with Crippen LogP contribution in [0.1, 0.15) is 20.3 Å². The summed E-state index contributed by atoms with van der Waals surface area (Å²) in [5, 5.41) is 6.57. The van der Waals surface area contributed by atoms with Crippen LogP contribution in [0.2, 0.25) is 0 Å². The minimum Gasteiger partial charge on any atom is -0.361 e. The second-order valence-corrected chi connectivity index (χ2v) is 6.51. The van der Waals surface area contributed by atoms with E-state index in [0.717, 1.165) is 0 Å². The highest BCUT2D eigenvalue weighted by atomic mass is 32.2. The van der Waals surface area contributed by atoms with Crippen LogP contribution < -0.4 is 10.6 Å². The van der Waals surface area contributed by atoms with Crippen LogP contribution in [0.5, 0.6) is 0 Å². The molecule has 4 nitrogen and oxygen atoms in total. The maximum absolute atomic E-state index is 11.1. The molecule has 0 bridgehead atoms. The van der Waals surface area contributed by atoms with Crippen molar-refractivity contribution in [1.29, 1.82) is 0 Å². The van der Waals surface area contributed by atoms with Crippen LogP contribution in [-0.4, -0.2) is 37.1 Å². The fraction of sp³-hybridized carbons (Fsp3) is 0.875. The summed E-state index contributed by atoms with van der Waals surface area (Å²) in [5.41, 5.74) is 0. The van der Waals surface area contributed by atoms with Crippen LogP contribution in [0.4, 0.5) is 0 Å². The zero-order valence-electron chi connectivity index (χ0n) is 8.41. The summed E-state index contributed by atoms with van der Waals surface area (Å²) in [4.78, 5) is 0. The van der Waals surface area contributed by atoms with Gasteiger partial charge in [0.05, 0.1) is 11.5 Å². The average Bonchev–Trinajstić information content (AvgIpc) is 2.27. The van der Waals surface area contributed by atoms with E-state index in [1.807, 2.05) is 13.8 Å². The van der Waals surface area contributed by atoms with Crippen LogP contribution in [0.25, 0.3) is 0 Å². The van der Waals surface area contributed by atoms with Crippen LogP contribution >= 0.6 is 12.2 Å². The number of hydrogen-bond donors (Lipinski definition) is 2. The molecule has 14 heavy (non-hydrogen) atoms. The molecule has 0 aromatic rings. The van der Waals surface area contributed by atoms with Gasteiger partial charge in [0, 0.05) is 12.1 Å². The maximum Gasteiger partial charge on any atom is 0.166 e. The van der Waals surface area contributed by atoms with Crippen LogP contribution in [-0.2, 0) is 9.84 Å². The highest BCUT2D eigenvalue weighted by molar-refractivity contribution is 7.91. The van der Waals surface area contributed by atoms with E-state index >= 15 is 0 Å². The molecule has 6 heteroatoms. The van der Waals surface area contributed by atoms with Gasteiger partial charge < -0.3 is 10.6 Å². The minimum absolute atomic E-state index is 0.0150. The lowest BCUT2D eigenvalue weighted by Gasteiger charge is -2.16.